The molecule has 0 heterocycles. The van der Waals surface area contributed by atoms with Gasteiger partial charge in [0.1, 0.15) is 24.3 Å². The molecule has 94 valence electrons. The molecule has 0 aromatic carbocycles. The molecule has 0 unspecified atom stereocenters. The first-order chi connectivity index (χ1) is 7.31. The molecule has 0 bridgehead atoms. The minimum absolute atomic E-state index is 0.862. The number of rotatable bonds is 7. The molecule has 4 atom stereocenters. The van der Waals surface area contributed by atoms with Crippen molar-refractivity contribution in [2.24, 2.45) is 0 Å². The van der Waals surface area contributed by atoms with E-state index in [2.05, 4.69) is 0 Å². The molecular formula is C8H13O8-. The number of carboxylic acids is 1. The molecule has 5 N–H and O–H groups in total. The van der Waals surface area contributed by atoms with Crippen LogP contribution in [0.5, 0.6) is 0 Å². The Bertz CT molecular complexity index is 252. The first-order valence-electron chi connectivity index (χ1n) is 4.38. The van der Waals surface area contributed by atoms with Gasteiger partial charge in [0.2, 0.25) is 0 Å². The SMILES string of the molecule is O=C([O-])C(=O)C[C@@H](O)[C@@H](O)[C@H](O)[C@H](O)CO. The van der Waals surface area contributed by atoms with Crippen LogP contribution in [0.15, 0.2) is 0 Å². The number of carbonyl (C=O) groups is 2. The molecule has 16 heavy (non-hydrogen) atoms. The van der Waals surface area contributed by atoms with Gasteiger partial charge in [-0.1, -0.05) is 0 Å². The number of aliphatic hydroxyl groups is 5. The quantitative estimate of drug-likeness (QED) is 0.276. The highest BCUT2D eigenvalue weighted by Gasteiger charge is 2.31. The first kappa shape index (κ1) is 14.9. The molecule has 0 aliphatic rings. The Morgan fingerprint density at radius 1 is 1.00 bits per heavy atom. The van der Waals surface area contributed by atoms with Crippen molar-refractivity contribution in [2.45, 2.75) is 30.8 Å². The Labute approximate surface area is 90.4 Å². The van der Waals surface area contributed by atoms with Gasteiger partial charge in [0.25, 0.3) is 0 Å². The van der Waals surface area contributed by atoms with Crippen LogP contribution in [0.2, 0.25) is 0 Å². The fourth-order valence-electron chi connectivity index (χ4n) is 0.957. The second-order valence-corrected chi connectivity index (χ2v) is 3.21. The van der Waals surface area contributed by atoms with Gasteiger partial charge in [-0.25, -0.2) is 0 Å². The predicted molar refractivity (Wildman–Crippen MR) is 45.7 cm³/mol. The Hall–Kier alpha value is -1.06. The zero-order chi connectivity index (χ0) is 12.9. The van der Waals surface area contributed by atoms with Gasteiger partial charge in [-0.3, -0.25) is 4.79 Å². The van der Waals surface area contributed by atoms with Crippen LogP contribution in [0, 0.1) is 0 Å². The van der Waals surface area contributed by atoms with Crippen molar-refractivity contribution in [1.29, 1.82) is 0 Å². The van der Waals surface area contributed by atoms with Gasteiger partial charge in [0.05, 0.1) is 12.7 Å². The summed E-state index contributed by atoms with van der Waals surface area (Å²) in [5, 5.41) is 54.8. The lowest BCUT2D eigenvalue weighted by atomic mass is 9.99. The summed E-state index contributed by atoms with van der Waals surface area (Å²) >= 11 is 0. The van der Waals surface area contributed by atoms with Crippen LogP contribution in [-0.4, -0.2) is 68.3 Å². The van der Waals surface area contributed by atoms with Crippen LogP contribution in [0.25, 0.3) is 0 Å². The zero-order valence-corrected chi connectivity index (χ0v) is 8.18. The van der Waals surface area contributed by atoms with E-state index in [0.29, 0.717) is 0 Å². The number of aliphatic carboxylic acids is 1. The van der Waals surface area contributed by atoms with Crippen molar-refractivity contribution >= 4 is 11.8 Å². The van der Waals surface area contributed by atoms with E-state index in [0.717, 1.165) is 0 Å². The average Bonchev–Trinajstić information content (AvgIpc) is 2.25. The molecule has 8 heteroatoms. The smallest absolute Gasteiger partial charge is 0.180 e. The molecule has 0 amide bonds. The molecule has 0 aliphatic heterocycles. The van der Waals surface area contributed by atoms with Crippen LogP contribution < -0.4 is 5.11 Å². The molecule has 0 saturated carbocycles. The van der Waals surface area contributed by atoms with Crippen molar-refractivity contribution in [3.8, 4) is 0 Å². The number of carboxylic acid groups (broad SMARTS) is 1. The summed E-state index contributed by atoms with van der Waals surface area (Å²) in [4.78, 5) is 20.6. The van der Waals surface area contributed by atoms with Gasteiger partial charge in [0.15, 0.2) is 5.78 Å². The van der Waals surface area contributed by atoms with Crippen LogP contribution >= 0.6 is 0 Å². The fourth-order valence-corrected chi connectivity index (χ4v) is 0.957. The van der Waals surface area contributed by atoms with Gasteiger partial charge in [-0.2, -0.15) is 0 Å². The monoisotopic (exact) mass is 237 g/mol. The Morgan fingerprint density at radius 2 is 1.44 bits per heavy atom. The standard InChI is InChI=1S/C8H14O8/c9-2-5(12)7(14)6(13)3(10)1-4(11)8(15)16/h3,5-7,9-10,12-14H,1-2H2,(H,15,16)/p-1/t3-,5-,6-,7-/m1/s1. The van der Waals surface area contributed by atoms with Crippen LogP contribution in [0.3, 0.4) is 0 Å². The third kappa shape index (κ3) is 4.21. The summed E-state index contributed by atoms with van der Waals surface area (Å²) < 4.78 is 0. The summed E-state index contributed by atoms with van der Waals surface area (Å²) in [6, 6.07) is 0. The number of Topliss-reactive ketones (excluding diaryl/α,β-unsaturated/α-hetero) is 1. The highest BCUT2D eigenvalue weighted by molar-refractivity contribution is 6.31. The number of carbonyl (C=O) groups excluding carboxylic acids is 2. The molecule has 0 aromatic rings. The number of hydrogen-bond acceptors (Lipinski definition) is 8. The summed E-state index contributed by atoms with van der Waals surface area (Å²) in [7, 11) is 0. The maximum Gasteiger partial charge on any atom is 0.180 e. The van der Waals surface area contributed by atoms with Crippen molar-refractivity contribution in [3.63, 3.8) is 0 Å². The van der Waals surface area contributed by atoms with E-state index in [1.54, 1.807) is 0 Å². The number of hydrogen-bond donors (Lipinski definition) is 5. The third-order valence-corrected chi connectivity index (χ3v) is 1.95. The molecule has 0 rings (SSSR count). The van der Waals surface area contributed by atoms with Gasteiger partial charge in [-0.15, -0.1) is 0 Å². The van der Waals surface area contributed by atoms with Gasteiger partial charge >= 0.3 is 0 Å². The van der Waals surface area contributed by atoms with Gasteiger partial charge in [-0.05, 0) is 0 Å². The highest BCUT2D eigenvalue weighted by atomic mass is 16.4. The van der Waals surface area contributed by atoms with Gasteiger partial charge < -0.3 is 35.4 Å². The number of ketones is 1. The molecule has 0 aromatic heterocycles. The van der Waals surface area contributed by atoms with Crippen LogP contribution in [0.4, 0.5) is 0 Å². The lowest BCUT2D eigenvalue weighted by Gasteiger charge is -2.25. The summed E-state index contributed by atoms with van der Waals surface area (Å²) in [6.45, 7) is -0.862. The Balaban J connectivity index is 4.32. The topological polar surface area (TPSA) is 158 Å². The lowest BCUT2D eigenvalue weighted by molar-refractivity contribution is -0.300. The van der Waals surface area contributed by atoms with Crippen LogP contribution in [0.1, 0.15) is 6.42 Å². The maximum atomic E-state index is 10.6. The normalized spacial score (nSPS) is 18.6. The van der Waals surface area contributed by atoms with Crippen molar-refractivity contribution < 1.29 is 40.2 Å². The Kier molecular flexibility index (Phi) is 6.08. The Morgan fingerprint density at radius 3 is 1.81 bits per heavy atom. The summed E-state index contributed by atoms with van der Waals surface area (Å²) in [5.74, 6) is -3.47. The van der Waals surface area contributed by atoms with Crippen LogP contribution in [-0.2, 0) is 9.59 Å². The van der Waals surface area contributed by atoms with Gasteiger partial charge in [0, 0.05) is 6.42 Å². The minimum Gasteiger partial charge on any atom is -0.542 e. The summed E-state index contributed by atoms with van der Waals surface area (Å²) in [6.07, 6.45) is -8.39. The van der Waals surface area contributed by atoms with E-state index in [1.807, 2.05) is 0 Å². The van der Waals surface area contributed by atoms with E-state index in [4.69, 9.17) is 20.4 Å². The maximum absolute atomic E-state index is 10.6. The molecule has 0 spiro atoms. The second kappa shape index (κ2) is 6.51. The second-order valence-electron chi connectivity index (χ2n) is 3.21. The molecule has 0 saturated heterocycles. The molecule has 8 nitrogen and oxygen atoms in total. The van der Waals surface area contributed by atoms with E-state index in [-0.39, 0.29) is 0 Å². The van der Waals surface area contributed by atoms with E-state index in [1.165, 1.54) is 0 Å². The van der Waals surface area contributed by atoms with Crippen molar-refractivity contribution in [3.05, 3.63) is 0 Å². The minimum atomic E-state index is -2.02. The third-order valence-electron chi connectivity index (χ3n) is 1.95. The largest absolute Gasteiger partial charge is 0.542 e. The predicted octanol–water partition coefficient (Wildman–Crippen LogP) is -4.87. The average molecular weight is 237 g/mol. The summed E-state index contributed by atoms with van der Waals surface area (Å²) in [5.41, 5.74) is 0. The van der Waals surface area contributed by atoms with Crippen molar-refractivity contribution in [2.75, 3.05) is 6.61 Å². The lowest BCUT2D eigenvalue weighted by Crippen LogP contribution is -2.47. The molecule has 0 fully saturated rings. The fraction of sp³-hybridized carbons (Fsp3) is 0.750. The van der Waals surface area contributed by atoms with E-state index in [9.17, 15) is 19.8 Å². The molecule has 0 aliphatic carbocycles. The molecule has 0 radical (unpaired) electrons. The first-order valence-corrected chi connectivity index (χ1v) is 4.38. The van der Waals surface area contributed by atoms with E-state index < -0.39 is 49.2 Å². The highest BCUT2D eigenvalue weighted by Crippen LogP contribution is 2.08. The molecular weight excluding hydrogens is 224 g/mol. The number of aliphatic hydroxyl groups excluding tert-OH is 5. The van der Waals surface area contributed by atoms with Crippen molar-refractivity contribution in [1.82, 2.24) is 0 Å². The van der Waals surface area contributed by atoms with E-state index >= 15 is 0 Å². The zero-order valence-electron chi connectivity index (χ0n) is 8.18.